The van der Waals surface area contributed by atoms with Crippen LogP contribution in [0.5, 0.6) is 11.5 Å². The van der Waals surface area contributed by atoms with Gasteiger partial charge >= 0.3 is 12.1 Å². The van der Waals surface area contributed by atoms with Crippen molar-refractivity contribution in [3.63, 3.8) is 0 Å². The molecule has 19 heteroatoms. The first kappa shape index (κ1) is 63.5. The Hall–Kier alpha value is -9.04. The highest BCUT2D eigenvalue weighted by Crippen LogP contribution is 2.41. The minimum Gasteiger partial charge on any atom is -0.494 e. The molecule has 1 saturated heterocycles. The first-order valence-electron chi connectivity index (χ1n) is 31.8. The zero-order valence-electron chi connectivity index (χ0n) is 52.5. The molecule has 0 bridgehead atoms. The van der Waals surface area contributed by atoms with Crippen LogP contribution in [0.1, 0.15) is 135 Å². The molecular formula is C72H80N10O9. The summed E-state index contributed by atoms with van der Waals surface area (Å²) in [5, 5.41) is 12.1. The lowest BCUT2D eigenvalue weighted by Crippen LogP contribution is -2.44. The smallest absolute Gasteiger partial charge is 0.415 e. The summed E-state index contributed by atoms with van der Waals surface area (Å²) in [4.78, 5) is 99.5. The molecular weight excluding hydrogens is 1150 g/mol. The number of pyridine rings is 6. The van der Waals surface area contributed by atoms with Gasteiger partial charge in [0.1, 0.15) is 23.9 Å². The first-order valence-corrected chi connectivity index (χ1v) is 31.8. The molecule has 0 saturated carbocycles. The van der Waals surface area contributed by atoms with Gasteiger partial charge in [-0.3, -0.25) is 44.1 Å². The third-order valence-corrected chi connectivity index (χ3v) is 17.4. The Bertz CT molecular complexity index is 3760. The van der Waals surface area contributed by atoms with E-state index in [9.17, 15) is 29.1 Å². The predicted octanol–water partition coefficient (Wildman–Crippen LogP) is 10.7. The van der Waals surface area contributed by atoms with Gasteiger partial charge in [0, 0.05) is 126 Å². The number of carbonyl (C=O) groups is 4. The van der Waals surface area contributed by atoms with Crippen molar-refractivity contribution in [2.75, 3.05) is 32.8 Å². The van der Waals surface area contributed by atoms with Crippen molar-refractivity contribution in [2.45, 2.75) is 144 Å². The average Bonchev–Trinajstić information content (AvgIpc) is 1.62. The van der Waals surface area contributed by atoms with E-state index in [0.29, 0.717) is 120 Å². The van der Waals surface area contributed by atoms with Gasteiger partial charge in [0.15, 0.2) is 5.60 Å². The Morgan fingerprint density at radius 1 is 0.659 bits per heavy atom. The third-order valence-electron chi connectivity index (χ3n) is 17.4. The van der Waals surface area contributed by atoms with Crippen LogP contribution in [-0.4, -0.2) is 111 Å². The van der Waals surface area contributed by atoms with Crippen LogP contribution in [0, 0.1) is 5.41 Å². The van der Waals surface area contributed by atoms with Crippen molar-refractivity contribution in [3.8, 4) is 22.9 Å². The van der Waals surface area contributed by atoms with Crippen LogP contribution in [0.3, 0.4) is 0 Å². The number of esters is 1. The minimum absolute atomic E-state index is 0.0465. The second-order valence-electron chi connectivity index (χ2n) is 24.9. The van der Waals surface area contributed by atoms with Crippen molar-refractivity contribution in [2.24, 2.45) is 5.41 Å². The highest BCUT2D eigenvalue weighted by molar-refractivity contribution is 5.90. The maximum absolute atomic E-state index is 13.9. The Kier molecular flexibility index (Phi) is 20.1. The van der Waals surface area contributed by atoms with Crippen LogP contribution in [0.2, 0.25) is 0 Å². The molecule has 0 unspecified atom stereocenters. The highest BCUT2D eigenvalue weighted by Gasteiger charge is 2.45. The molecule has 1 fully saturated rings. The molecule has 11 rings (SSSR count). The Labute approximate surface area is 531 Å². The van der Waals surface area contributed by atoms with Crippen molar-refractivity contribution in [1.82, 2.24) is 49.1 Å². The summed E-state index contributed by atoms with van der Waals surface area (Å²) < 4.78 is 19.4. The number of hydrogen-bond donors (Lipinski definition) is 1. The van der Waals surface area contributed by atoms with E-state index in [-0.39, 0.29) is 60.8 Å². The lowest BCUT2D eigenvalue weighted by atomic mass is 9.82. The number of aryl methyl sites for hydroxylation is 1. The molecule has 19 nitrogen and oxygen atoms in total. The van der Waals surface area contributed by atoms with Crippen LogP contribution in [-0.2, 0) is 83.6 Å². The van der Waals surface area contributed by atoms with E-state index in [0.717, 1.165) is 69.0 Å². The van der Waals surface area contributed by atoms with Crippen molar-refractivity contribution < 1.29 is 38.5 Å². The Morgan fingerprint density at radius 3 is 1.82 bits per heavy atom. The number of amides is 2. The normalized spacial score (nSPS) is 15.5. The summed E-state index contributed by atoms with van der Waals surface area (Å²) in [6, 6.07) is 37.5. The number of rotatable bonds is 26. The average molecular weight is 1230 g/mol. The third kappa shape index (κ3) is 15.6. The molecule has 3 aliphatic heterocycles. The molecule has 2 amide bonds. The van der Waals surface area contributed by atoms with Crippen molar-refractivity contribution in [1.29, 1.82) is 0 Å². The Morgan fingerprint density at radius 2 is 1.25 bits per heavy atom. The monoisotopic (exact) mass is 1230 g/mol. The van der Waals surface area contributed by atoms with Crippen LogP contribution >= 0.6 is 0 Å². The van der Waals surface area contributed by atoms with Gasteiger partial charge in [-0.15, -0.1) is 0 Å². The fraction of sp³-hybridized carbons (Fsp3) is 0.389. The summed E-state index contributed by atoms with van der Waals surface area (Å²) in [6.07, 6.45) is 11.2. The number of ether oxygens (including phenoxy) is 3. The van der Waals surface area contributed by atoms with E-state index in [2.05, 4.69) is 47.9 Å². The molecule has 0 spiro atoms. The zero-order chi connectivity index (χ0) is 63.5. The van der Waals surface area contributed by atoms with E-state index in [1.165, 1.54) is 0 Å². The number of nitrogens with zero attached hydrogens (tertiary/aromatic N) is 10. The lowest BCUT2D eigenvalue weighted by molar-refractivity contribution is -0.172. The molecule has 6 aromatic heterocycles. The van der Waals surface area contributed by atoms with E-state index in [1.807, 2.05) is 118 Å². The molecule has 8 aromatic rings. The maximum atomic E-state index is 13.9. The van der Waals surface area contributed by atoms with Gasteiger partial charge in [-0.25, -0.2) is 14.6 Å². The fourth-order valence-corrected chi connectivity index (χ4v) is 12.8. The number of cyclic esters (lactones) is 1. The minimum atomic E-state index is -1.93. The number of unbranched alkanes of at least 4 members (excludes halogenated alkanes) is 2. The Balaban J connectivity index is 0.665. The topological polar surface area (TPSA) is 216 Å². The summed E-state index contributed by atoms with van der Waals surface area (Å²) in [5.74, 6) is 0.433. The number of benzene rings is 2. The molecule has 1 N–H and O–H groups in total. The van der Waals surface area contributed by atoms with Crippen LogP contribution in [0.15, 0.2) is 145 Å². The van der Waals surface area contributed by atoms with Crippen LogP contribution in [0.25, 0.3) is 22.3 Å². The number of carbonyl (C=O) groups excluding carboxylic acids is 4. The molecule has 472 valence electrons. The second kappa shape index (κ2) is 28.8. The quantitative estimate of drug-likeness (QED) is 0.0394. The number of aliphatic hydroxyl groups is 1. The van der Waals surface area contributed by atoms with Gasteiger partial charge in [0.05, 0.1) is 58.4 Å². The molecule has 0 aliphatic carbocycles. The maximum Gasteiger partial charge on any atom is 0.415 e. The van der Waals surface area contributed by atoms with Gasteiger partial charge in [-0.2, -0.15) is 0 Å². The summed E-state index contributed by atoms with van der Waals surface area (Å²) in [7, 11) is 0. The van der Waals surface area contributed by atoms with Gasteiger partial charge in [-0.1, -0.05) is 58.0 Å². The number of Topliss-reactive ketones (excluding diaryl/α,β-unsaturated/α-hetero) is 1. The van der Waals surface area contributed by atoms with Crippen LogP contribution in [0.4, 0.5) is 4.79 Å². The van der Waals surface area contributed by atoms with Gasteiger partial charge in [-0.05, 0) is 146 Å². The standard InChI is InChI=1S/C72H80N10O9/c1-5-59-60-38-57(24-25-64(60)77-67-61(59)48-82-65(67)39-63-62(68(82)85)49-90-69(86)72(63,88)6-2)91-70(87)81-31-18-30-80(32-33-81)66(84)41-71(3,4)40-56(83)23-8-7-17-34-89-58-36-50(42-78(44-52-19-9-13-26-73-52)45-53-20-10-14-27-74-53)35-51(37-58)43-79(46-54-21-11-15-28-75-54)47-55-22-12-16-29-76-55/h9-16,19-22,24-29,35-39,88H,5-8,17-18,23,30-34,40-49H2,1-4H3/t72-/m1/s1. The molecule has 9 heterocycles. The summed E-state index contributed by atoms with van der Waals surface area (Å²) in [5.41, 5.74) is 7.37. The molecule has 2 aromatic carbocycles. The lowest BCUT2D eigenvalue weighted by Gasteiger charge is -2.31. The molecule has 3 aliphatic rings. The second-order valence-corrected chi connectivity index (χ2v) is 24.9. The van der Waals surface area contributed by atoms with Crippen molar-refractivity contribution in [3.05, 3.63) is 207 Å². The fourth-order valence-electron chi connectivity index (χ4n) is 12.8. The largest absolute Gasteiger partial charge is 0.494 e. The van der Waals surface area contributed by atoms with Gasteiger partial charge in [0.2, 0.25) is 5.91 Å². The first-order chi connectivity index (χ1) is 44.1. The number of ketones is 1. The van der Waals surface area contributed by atoms with Gasteiger partial charge < -0.3 is 33.7 Å². The summed E-state index contributed by atoms with van der Waals surface area (Å²) in [6.45, 7) is 13.5. The highest BCUT2D eigenvalue weighted by atomic mass is 16.6. The molecule has 1 atom stereocenters. The van der Waals surface area contributed by atoms with Gasteiger partial charge in [0.25, 0.3) is 5.56 Å². The summed E-state index contributed by atoms with van der Waals surface area (Å²) >= 11 is 0. The van der Waals surface area contributed by atoms with Crippen LogP contribution < -0.4 is 15.0 Å². The molecule has 0 radical (unpaired) electrons. The van der Waals surface area contributed by atoms with E-state index in [4.69, 9.17) is 19.2 Å². The van der Waals surface area contributed by atoms with Crippen molar-refractivity contribution >= 4 is 34.7 Å². The van der Waals surface area contributed by atoms with E-state index in [1.54, 1.807) is 45.6 Å². The number of fused-ring (bicyclic) bond motifs is 5. The molecule has 91 heavy (non-hydrogen) atoms. The predicted molar refractivity (Wildman–Crippen MR) is 344 cm³/mol. The van der Waals surface area contributed by atoms with E-state index >= 15 is 0 Å². The number of hydrogen-bond acceptors (Lipinski definition) is 16. The SMILES string of the molecule is CCc1c2c(nc3ccc(OC(=O)N4CCCN(C(=O)CC(C)(C)CC(=O)CCCCCOc5cc(CN(Cc6ccccn6)Cc6ccccn6)cc(CN(Cc6ccccn6)Cc6ccccn6)c5)CC4)cc13)-c1cc3c(c(=O)n1C2)COC(=O)[C@@]3(O)CC. The van der Waals surface area contributed by atoms with E-state index < -0.39 is 23.1 Å². The number of aromatic nitrogens is 6. The zero-order valence-corrected chi connectivity index (χ0v) is 52.5.